The zero-order valence-corrected chi connectivity index (χ0v) is 21.2. The van der Waals surface area contributed by atoms with Gasteiger partial charge in [0.25, 0.3) is 5.56 Å². The molecular weight excluding hydrogens is 456 g/mol. The van der Waals surface area contributed by atoms with Crippen molar-refractivity contribution >= 4 is 17.5 Å². The average molecular weight is 491 g/mol. The average Bonchev–Trinajstić information content (AvgIpc) is 2.90. The fraction of sp³-hybridized carbons (Fsp3) is 0.407. The number of rotatable bonds is 9. The van der Waals surface area contributed by atoms with E-state index < -0.39 is 0 Å². The second-order valence-corrected chi connectivity index (χ2v) is 9.14. The molecule has 1 aliphatic rings. The Kier molecular flexibility index (Phi) is 8.45. The maximum absolute atomic E-state index is 12.7. The van der Waals surface area contributed by atoms with Crippen molar-refractivity contribution in [3.05, 3.63) is 70.8 Å². The fourth-order valence-corrected chi connectivity index (χ4v) is 4.25. The fourth-order valence-electron chi connectivity index (χ4n) is 4.25. The number of benzene rings is 1. The Bertz CT molecular complexity index is 1210. The molecule has 190 valence electrons. The number of carbonyl (C=O) groups excluding carboxylic acids is 1. The van der Waals surface area contributed by atoms with Gasteiger partial charge in [0.15, 0.2) is 0 Å². The first-order chi connectivity index (χ1) is 17.4. The number of hydrogen-bond acceptors (Lipinski definition) is 7. The highest BCUT2D eigenvalue weighted by Crippen LogP contribution is 2.27. The van der Waals surface area contributed by atoms with Gasteiger partial charge in [0, 0.05) is 43.3 Å². The molecule has 0 bridgehead atoms. The summed E-state index contributed by atoms with van der Waals surface area (Å²) in [6, 6.07) is 13.0. The lowest BCUT2D eigenvalue weighted by Gasteiger charge is -2.34. The normalized spacial score (nSPS) is 15.8. The van der Waals surface area contributed by atoms with E-state index in [4.69, 9.17) is 9.72 Å². The van der Waals surface area contributed by atoms with Gasteiger partial charge in [-0.25, -0.2) is 4.98 Å². The largest absolute Gasteiger partial charge is 0.370 e. The van der Waals surface area contributed by atoms with Crippen LogP contribution in [0, 0.1) is 0 Å². The zero-order chi connectivity index (χ0) is 25.5. The molecule has 1 fully saturated rings. The molecule has 9 nitrogen and oxygen atoms in total. The lowest BCUT2D eigenvalue weighted by atomic mass is 10.1. The van der Waals surface area contributed by atoms with Crippen LogP contribution in [-0.4, -0.2) is 65.2 Å². The summed E-state index contributed by atoms with van der Waals surface area (Å²) in [6.45, 7) is 5.13. The van der Waals surface area contributed by atoms with Gasteiger partial charge in [0.05, 0.1) is 25.4 Å². The number of carbonyl (C=O) groups is 1. The van der Waals surface area contributed by atoms with E-state index in [1.807, 2.05) is 48.3 Å². The Morgan fingerprint density at radius 2 is 1.94 bits per heavy atom. The van der Waals surface area contributed by atoms with E-state index in [2.05, 4.69) is 22.1 Å². The first-order valence-corrected chi connectivity index (χ1v) is 12.4. The van der Waals surface area contributed by atoms with E-state index in [0.717, 1.165) is 36.2 Å². The number of pyridine rings is 1. The smallest absolute Gasteiger partial charge is 0.255 e. The second kappa shape index (κ2) is 11.9. The molecule has 1 aromatic carbocycles. The molecule has 0 saturated carbocycles. The first-order valence-electron chi connectivity index (χ1n) is 12.4. The molecule has 0 radical (unpaired) electrons. The third-order valence-corrected chi connectivity index (χ3v) is 6.31. The number of morpholine rings is 1. The number of anilines is 2. The van der Waals surface area contributed by atoms with Gasteiger partial charge in [0.2, 0.25) is 11.9 Å². The quantitative estimate of drug-likeness (QED) is 0.493. The van der Waals surface area contributed by atoms with Gasteiger partial charge in [0.1, 0.15) is 6.10 Å². The summed E-state index contributed by atoms with van der Waals surface area (Å²) in [7, 11) is 3.70. The molecule has 1 amide bonds. The SMILES string of the molecule is CCCCN(C)CC(=O)Nc1ccc([C@H]2CN(c3nc(-c4ccncc4)cc(=O)n3C)CCO2)cc1. The third-order valence-electron chi connectivity index (χ3n) is 6.31. The summed E-state index contributed by atoms with van der Waals surface area (Å²) in [4.78, 5) is 38.0. The number of nitrogens with one attached hydrogen (secondary N) is 1. The van der Waals surface area contributed by atoms with Gasteiger partial charge in [-0.2, -0.15) is 0 Å². The Hall–Kier alpha value is -3.56. The van der Waals surface area contributed by atoms with Crippen molar-refractivity contribution in [1.29, 1.82) is 0 Å². The molecule has 9 heteroatoms. The van der Waals surface area contributed by atoms with E-state index in [0.29, 0.717) is 37.9 Å². The van der Waals surface area contributed by atoms with Crippen LogP contribution < -0.4 is 15.8 Å². The minimum Gasteiger partial charge on any atom is -0.370 e. The van der Waals surface area contributed by atoms with Gasteiger partial charge in [-0.3, -0.25) is 24.0 Å². The van der Waals surface area contributed by atoms with E-state index in [-0.39, 0.29) is 17.6 Å². The van der Waals surface area contributed by atoms with E-state index >= 15 is 0 Å². The number of nitrogens with zero attached hydrogens (tertiary/aromatic N) is 5. The summed E-state index contributed by atoms with van der Waals surface area (Å²) in [5.74, 6) is 0.584. The van der Waals surface area contributed by atoms with Crippen LogP contribution in [0.15, 0.2) is 59.7 Å². The molecule has 0 spiro atoms. The Morgan fingerprint density at radius 3 is 2.67 bits per heavy atom. The number of unbranched alkanes of at least 4 members (excludes halogenated alkanes) is 1. The van der Waals surface area contributed by atoms with Crippen molar-refractivity contribution in [3.63, 3.8) is 0 Å². The Labute approximate surface area is 211 Å². The van der Waals surface area contributed by atoms with Gasteiger partial charge >= 0.3 is 0 Å². The summed E-state index contributed by atoms with van der Waals surface area (Å²) in [5, 5.41) is 2.97. The van der Waals surface area contributed by atoms with Gasteiger partial charge < -0.3 is 15.0 Å². The minimum atomic E-state index is -0.176. The van der Waals surface area contributed by atoms with Crippen LogP contribution in [0.2, 0.25) is 0 Å². The van der Waals surface area contributed by atoms with E-state index in [1.165, 1.54) is 0 Å². The maximum Gasteiger partial charge on any atom is 0.255 e. The molecule has 4 rings (SSSR count). The summed E-state index contributed by atoms with van der Waals surface area (Å²) in [5.41, 5.74) is 3.12. The van der Waals surface area contributed by atoms with Crippen LogP contribution >= 0.6 is 0 Å². The second-order valence-electron chi connectivity index (χ2n) is 9.14. The van der Waals surface area contributed by atoms with Crippen molar-refractivity contribution in [2.75, 3.05) is 50.1 Å². The van der Waals surface area contributed by atoms with Crippen LogP contribution in [0.3, 0.4) is 0 Å². The summed E-state index contributed by atoms with van der Waals surface area (Å²) < 4.78 is 7.63. The zero-order valence-electron chi connectivity index (χ0n) is 21.2. The summed E-state index contributed by atoms with van der Waals surface area (Å²) in [6.07, 6.45) is 5.39. The van der Waals surface area contributed by atoms with Gasteiger partial charge in [-0.05, 0) is 49.8 Å². The maximum atomic E-state index is 12.7. The molecule has 36 heavy (non-hydrogen) atoms. The molecule has 1 atom stereocenters. The van der Waals surface area contributed by atoms with Crippen LogP contribution in [0.25, 0.3) is 11.3 Å². The molecule has 1 aliphatic heterocycles. The molecule has 0 aliphatic carbocycles. The van der Waals surface area contributed by atoms with Crippen LogP contribution in [0.5, 0.6) is 0 Å². The van der Waals surface area contributed by atoms with Crippen LogP contribution in [-0.2, 0) is 16.6 Å². The first kappa shape index (κ1) is 25.5. The molecular formula is C27H34N6O3. The van der Waals surface area contributed by atoms with Gasteiger partial charge in [-0.15, -0.1) is 0 Å². The number of hydrogen-bond donors (Lipinski definition) is 1. The molecule has 1 saturated heterocycles. The summed E-state index contributed by atoms with van der Waals surface area (Å²) >= 11 is 0. The molecule has 0 unspecified atom stereocenters. The predicted molar refractivity (Wildman–Crippen MR) is 141 cm³/mol. The Balaban J connectivity index is 1.44. The third kappa shape index (κ3) is 6.35. The van der Waals surface area contributed by atoms with Crippen molar-refractivity contribution in [2.45, 2.75) is 25.9 Å². The minimum absolute atomic E-state index is 0.0254. The van der Waals surface area contributed by atoms with Gasteiger partial charge in [-0.1, -0.05) is 25.5 Å². The van der Waals surface area contributed by atoms with Crippen LogP contribution in [0.4, 0.5) is 11.6 Å². The van der Waals surface area contributed by atoms with E-state index in [1.54, 1.807) is 30.1 Å². The lowest BCUT2D eigenvalue weighted by molar-refractivity contribution is -0.117. The molecule has 3 heterocycles. The highest BCUT2D eigenvalue weighted by atomic mass is 16.5. The van der Waals surface area contributed by atoms with Crippen molar-refractivity contribution in [3.8, 4) is 11.3 Å². The Morgan fingerprint density at radius 1 is 1.19 bits per heavy atom. The monoisotopic (exact) mass is 490 g/mol. The highest BCUT2D eigenvalue weighted by Gasteiger charge is 2.25. The number of aromatic nitrogens is 3. The predicted octanol–water partition coefficient (Wildman–Crippen LogP) is 3.09. The van der Waals surface area contributed by atoms with Crippen molar-refractivity contribution in [1.82, 2.24) is 19.4 Å². The van der Waals surface area contributed by atoms with E-state index in [9.17, 15) is 9.59 Å². The lowest BCUT2D eigenvalue weighted by Crippen LogP contribution is -2.41. The van der Waals surface area contributed by atoms with Crippen molar-refractivity contribution < 1.29 is 9.53 Å². The number of amides is 1. The molecule has 1 N–H and O–H groups in total. The molecule has 3 aromatic rings. The van der Waals surface area contributed by atoms with Crippen LogP contribution in [0.1, 0.15) is 31.4 Å². The highest BCUT2D eigenvalue weighted by molar-refractivity contribution is 5.92. The standard InChI is InChI=1S/C27H34N6O3/c1-4-5-14-31(2)19-25(34)29-22-8-6-21(7-9-22)24-18-33(15-16-36-24)27-30-23(17-26(35)32(27)3)20-10-12-28-13-11-20/h6-13,17,24H,4-5,14-16,18-19H2,1-3H3,(H,29,34)/t24-/m1/s1. The topological polar surface area (TPSA) is 92.6 Å². The number of likely N-dealkylation sites (N-methyl/N-ethyl adjacent to an activating group) is 1. The number of ether oxygens (including phenoxy) is 1. The van der Waals surface area contributed by atoms with Crippen molar-refractivity contribution in [2.24, 2.45) is 7.05 Å². The molecule has 2 aromatic heterocycles.